The Morgan fingerprint density at radius 2 is 2.29 bits per heavy atom. The van der Waals surface area contributed by atoms with Gasteiger partial charge in [-0.15, -0.1) is 11.8 Å². The molecule has 3 heteroatoms. The number of halogens is 1. The number of benzene rings is 1. The second-order valence-electron chi connectivity index (χ2n) is 3.61. The van der Waals surface area contributed by atoms with Crippen LogP contribution in [-0.4, -0.2) is 19.3 Å². The first-order valence-corrected chi connectivity index (χ1v) is 6.86. The maximum atomic E-state index is 3.57. The lowest BCUT2D eigenvalue weighted by molar-refractivity contribution is 0.760. The maximum absolute atomic E-state index is 3.57. The molecule has 0 radical (unpaired) electrons. The Labute approximate surface area is 97.8 Å². The molecule has 1 aromatic carbocycles. The zero-order chi connectivity index (χ0) is 9.97. The van der Waals surface area contributed by atoms with Crippen molar-refractivity contribution in [2.75, 3.05) is 19.3 Å². The first kappa shape index (κ1) is 10.5. The molecule has 1 aliphatic rings. The summed E-state index contributed by atoms with van der Waals surface area (Å²) in [6.45, 7) is 2.29. The van der Waals surface area contributed by atoms with Gasteiger partial charge in [0.25, 0.3) is 0 Å². The molecule has 1 heterocycles. The van der Waals surface area contributed by atoms with Crippen LogP contribution in [0.1, 0.15) is 17.9 Å². The van der Waals surface area contributed by atoms with Crippen LogP contribution >= 0.6 is 27.7 Å². The van der Waals surface area contributed by atoms with Gasteiger partial charge in [0, 0.05) is 15.9 Å². The van der Waals surface area contributed by atoms with Crippen molar-refractivity contribution >= 4 is 27.7 Å². The van der Waals surface area contributed by atoms with Gasteiger partial charge in [-0.3, -0.25) is 0 Å². The molecule has 1 nitrogen and oxygen atoms in total. The number of rotatable bonds is 2. The van der Waals surface area contributed by atoms with Gasteiger partial charge in [0.1, 0.15) is 0 Å². The van der Waals surface area contributed by atoms with Crippen LogP contribution in [-0.2, 0) is 0 Å². The van der Waals surface area contributed by atoms with Crippen molar-refractivity contribution in [3.63, 3.8) is 0 Å². The summed E-state index contributed by atoms with van der Waals surface area (Å²) >= 11 is 5.37. The molecule has 1 unspecified atom stereocenters. The van der Waals surface area contributed by atoms with E-state index in [0.717, 1.165) is 13.1 Å². The largest absolute Gasteiger partial charge is 0.316 e. The number of hydrogen-bond donors (Lipinski definition) is 1. The predicted octanol–water partition coefficient (Wildman–Crippen LogP) is 3.25. The molecule has 1 aromatic rings. The average molecular weight is 272 g/mol. The first-order valence-electron chi connectivity index (χ1n) is 4.85. The molecule has 1 atom stereocenters. The predicted molar refractivity (Wildman–Crippen MR) is 66.2 cm³/mol. The number of thioether (sulfide) groups is 1. The molecule has 0 saturated carbocycles. The number of hydrogen-bond acceptors (Lipinski definition) is 2. The van der Waals surface area contributed by atoms with Crippen molar-refractivity contribution < 1.29 is 0 Å². The summed E-state index contributed by atoms with van der Waals surface area (Å²) in [5.74, 6) is 0.707. The fraction of sp³-hybridized carbons (Fsp3) is 0.455. The Kier molecular flexibility index (Phi) is 3.52. The maximum Gasteiger partial charge on any atom is 0.0189 e. The summed E-state index contributed by atoms with van der Waals surface area (Å²) in [5.41, 5.74) is 1.47. The van der Waals surface area contributed by atoms with Crippen molar-refractivity contribution in [3.8, 4) is 0 Å². The Morgan fingerprint density at radius 3 is 2.93 bits per heavy atom. The van der Waals surface area contributed by atoms with E-state index in [4.69, 9.17) is 0 Å². The quantitative estimate of drug-likeness (QED) is 0.829. The molecule has 14 heavy (non-hydrogen) atoms. The van der Waals surface area contributed by atoms with Crippen LogP contribution in [0.4, 0.5) is 0 Å². The van der Waals surface area contributed by atoms with E-state index in [2.05, 4.69) is 45.7 Å². The third-order valence-electron chi connectivity index (χ3n) is 2.66. The highest BCUT2D eigenvalue weighted by atomic mass is 79.9. The van der Waals surface area contributed by atoms with Gasteiger partial charge in [-0.25, -0.2) is 0 Å². The van der Waals surface area contributed by atoms with E-state index in [1.54, 1.807) is 11.8 Å². The minimum absolute atomic E-state index is 0.707. The standard InChI is InChI=1S/C11H14BrNS/c1-14-11-5-9(4-10(12)6-11)8-2-3-13-7-8/h4-6,8,13H,2-3,7H2,1H3. The van der Waals surface area contributed by atoms with Crippen LogP contribution in [0.5, 0.6) is 0 Å². The summed E-state index contributed by atoms with van der Waals surface area (Å²) in [5, 5.41) is 3.41. The average Bonchev–Trinajstić information content (AvgIpc) is 2.69. The molecular weight excluding hydrogens is 258 g/mol. The van der Waals surface area contributed by atoms with Gasteiger partial charge in [0.2, 0.25) is 0 Å². The Bertz CT molecular complexity index is 321. The third kappa shape index (κ3) is 2.33. The van der Waals surface area contributed by atoms with Gasteiger partial charge in [0.15, 0.2) is 0 Å². The lowest BCUT2D eigenvalue weighted by Gasteiger charge is -2.10. The molecular formula is C11H14BrNS. The minimum Gasteiger partial charge on any atom is -0.316 e. The lowest BCUT2D eigenvalue weighted by Crippen LogP contribution is -2.07. The SMILES string of the molecule is CSc1cc(Br)cc(C2CCNC2)c1. The molecule has 0 aliphatic carbocycles. The summed E-state index contributed by atoms with van der Waals surface area (Å²) in [7, 11) is 0. The smallest absolute Gasteiger partial charge is 0.0189 e. The van der Waals surface area contributed by atoms with Gasteiger partial charge in [-0.1, -0.05) is 15.9 Å². The van der Waals surface area contributed by atoms with Gasteiger partial charge in [0.05, 0.1) is 0 Å². The second kappa shape index (κ2) is 4.69. The normalized spacial score (nSPS) is 21.4. The van der Waals surface area contributed by atoms with E-state index in [0.29, 0.717) is 5.92 Å². The van der Waals surface area contributed by atoms with Crippen LogP contribution in [0.2, 0.25) is 0 Å². The summed E-state index contributed by atoms with van der Waals surface area (Å²) in [4.78, 5) is 1.35. The minimum atomic E-state index is 0.707. The highest BCUT2D eigenvalue weighted by molar-refractivity contribution is 9.10. The second-order valence-corrected chi connectivity index (χ2v) is 5.41. The van der Waals surface area contributed by atoms with Crippen LogP contribution < -0.4 is 5.32 Å². The topological polar surface area (TPSA) is 12.0 Å². The molecule has 2 rings (SSSR count). The van der Waals surface area contributed by atoms with Crippen LogP contribution in [0.15, 0.2) is 27.6 Å². The number of nitrogens with one attached hydrogen (secondary N) is 1. The monoisotopic (exact) mass is 271 g/mol. The zero-order valence-electron chi connectivity index (χ0n) is 8.22. The molecule has 1 N–H and O–H groups in total. The van der Waals surface area contributed by atoms with Gasteiger partial charge in [-0.2, -0.15) is 0 Å². The van der Waals surface area contributed by atoms with Crippen LogP contribution in [0.25, 0.3) is 0 Å². The van der Waals surface area contributed by atoms with Crippen molar-refractivity contribution in [2.24, 2.45) is 0 Å². The molecule has 1 fully saturated rings. The molecule has 0 aromatic heterocycles. The van der Waals surface area contributed by atoms with Crippen molar-refractivity contribution in [1.82, 2.24) is 5.32 Å². The lowest BCUT2D eigenvalue weighted by atomic mass is 9.99. The van der Waals surface area contributed by atoms with Gasteiger partial charge in [-0.05, 0) is 48.9 Å². The van der Waals surface area contributed by atoms with E-state index in [-0.39, 0.29) is 0 Å². The summed E-state index contributed by atoms with van der Waals surface area (Å²) in [6.07, 6.45) is 3.39. The van der Waals surface area contributed by atoms with Gasteiger partial charge >= 0.3 is 0 Å². The third-order valence-corrected chi connectivity index (χ3v) is 3.83. The van der Waals surface area contributed by atoms with E-state index in [1.165, 1.54) is 21.4 Å². The van der Waals surface area contributed by atoms with Crippen LogP contribution in [0.3, 0.4) is 0 Å². The van der Waals surface area contributed by atoms with Crippen LogP contribution in [0, 0.1) is 0 Å². The molecule has 0 bridgehead atoms. The molecule has 0 spiro atoms. The fourth-order valence-electron chi connectivity index (χ4n) is 1.88. The van der Waals surface area contributed by atoms with E-state index in [9.17, 15) is 0 Å². The molecule has 1 saturated heterocycles. The van der Waals surface area contributed by atoms with Crippen molar-refractivity contribution in [3.05, 3.63) is 28.2 Å². The summed E-state index contributed by atoms with van der Waals surface area (Å²) < 4.78 is 1.20. The van der Waals surface area contributed by atoms with Crippen molar-refractivity contribution in [2.45, 2.75) is 17.2 Å². The Balaban J connectivity index is 2.27. The molecule has 1 aliphatic heterocycles. The highest BCUT2D eigenvalue weighted by Gasteiger charge is 2.17. The fourth-order valence-corrected chi connectivity index (χ4v) is 3.04. The van der Waals surface area contributed by atoms with E-state index >= 15 is 0 Å². The van der Waals surface area contributed by atoms with E-state index in [1.807, 2.05) is 0 Å². The van der Waals surface area contributed by atoms with Crippen molar-refractivity contribution in [1.29, 1.82) is 0 Å². The van der Waals surface area contributed by atoms with Gasteiger partial charge < -0.3 is 5.32 Å². The first-order chi connectivity index (χ1) is 6.79. The molecule has 76 valence electrons. The Hall–Kier alpha value is 0.01000. The summed E-state index contributed by atoms with van der Waals surface area (Å²) in [6, 6.07) is 6.74. The Morgan fingerprint density at radius 1 is 1.43 bits per heavy atom. The van der Waals surface area contributed by atoms with E-state index < -0.39 is 0 Å². The zero-order valence-corrected chi connectivity index (χ0v) is 10.6. The molecule has 0 amide bonds. The highest BCUT2D eigenvalue weighted by Crippen LogP contribution is 2.29.